The summed E-state index contributed by atoms with van der Waals surface area (Å²) in [6.45, 7) is 9.07. The molecule has 1 aromatic carbocycles. The Bertz CT molecular complexity index is 1010. The maximum Gasteiger partial charge on any atom is 0.326 e. The highest BCUT2D eigenvalue weighted by atomic mass is 32.2. The van der Waals surface area contributed by atoms with Crippen molar-refractivity contribution in [1.82, 2.24) is 19.9 Å². The fourth-order valence-electron chi connectivity index (χ4n) is 3.14. The van der Waals surface area contributed by atoms with E-state index in [0.29, 0.717) is 31.2 Å². The molecule has 12 heteroatoms. The molecule has 3 rings (SSSR count). The van der Waals surface area contributed by atoms with Gasteiger partial charge in [-0.2, -0.15) is 0 Å². The third-order valence-corrected chi connectivity index (χ3v) is 5.82. The molecule has 2 aromatic rings. The van der Waals surface area contributed by atoms with Crippen molar-refractivity contribution in [2.75, 3.05) is 59.5 Å². The molecule has 2 heterocycles. The SMILES string of the molecule is C=CCOc1nc(OCC=C)nc(OCC2CN(C(=O)CSc3ccc(OC)c(OC)c3)CCO2)n1. The molecule has 1 saturated heterocycles. The number of thioether (sulfide) groups is 1. The molecule has 1 fully saturated rings. The Morgan fingerprint density at radius 2 is 1.69 bits per heavy atom. The first-order chi connectivity index (χ1) is 17.6. The number of methoxy groups -OCH3 is 2. The summed E-state index contributed by atoms with van der Waals surface area (Å²) < 4.78 is 32.8. The Kier molecular flexibility index (Phi) is 10.6. The predicted octanol–water partition coefficient (Wildman–Crippen LogP) is 2.42. The zero-order valence-corrected chi connectivity index (χ0v) is 21.2. The van der Waals surface area contributed by atoms with Crippen LogP contribution >= 0.6 is 11.8 Å². The molecule has 1 amide bonds. The minimum Gasteiger partial charge on any atom is -0.493 e. The Morgan fingerprint density at radius 3 is 2.31 bits per heavy atom. The second-order valence-electron chi connectivity index (χ2n) is 7.33. The van der Waals surface area contributed by atoms with Gasteiger partial charge in [-0.3, -0.25) is 4.79 Å². The molecular weight excluding hydrogens is 488 g/mol. The normalized spacial score (nSPS) is 15.1. The first-order valence-corrected chi connectivity index (χ1v) is 12.1. The van der Waals surface area contributed by atoms with Crippen molar-refractivity contribution in [1.29, 1.82) is 0 Å². The van der Waals surface area contributed by atoms with E-state index >= 15 is 0 Å². The van der Waals surface area contributed by atoms with E-state index in [-0.39, 0.29) is 55.6 Å². The van der Waals surface area contributed by atoms with Gasteiger partial charge in [0.05, 0.1) is 33.1 Å². The first-order valence-electron chi connectivity index (χ1n) is 11.2. The molecule has 0 spiro atoms. The fourth-order valence-corrected chi connectivity index (χ4v) is 3.97. The van der Waals surface area contributed by atoms with Crippen LogP contribution in [0.4, 0.5) is 0 Å². The highest BCUT2D eigenvalue weighted by Crippen LogP contribution is 2.32. The molecule has 194 valence electrons. The molecule has 0 saturated carbocycles. The van der Waals surface area contributed by atoms with Crippen molar-refractivity contribution in [3.63, 3.8) is 0 Å². The number of rotatable bonds is 14. The van der Waals surface area contributed by atoms with Crippen molar-refractivity contribution < 1.29 is 33.2 Å². The number of hydrogen-bond acceptors (Lipinski definition) is 11. The van der Waals surface area contributed by atoms with E-state index in [4.69, 9.17) is 28.4 Å². The maximum absolute atomic E-state index is 12.8. The van der Waals surface area contributed by atoms with Gasteiger partial charge in [0.1, 0.15) is 25.9 Å². The zero-order chi connectivity index (χ0) is 25.8. The summed E-state index contributed by atoms with van der Waals surface area (Å²) >= 11 is 1.43. The first kappa shape index (κ1) is 27.1. The smallest absolute Gasteiger partial charge is 0.326 e. The maximum atomic E-state index is 12.8. The van der Waals surface area contributed by atoms with E-state index in [1.54, 1.807) is 31.3 Å². The molecule has 1 aliphatic rings. The van der Waals surface area contributed by atoms with Crippen LogP contribution in [0.2, 0.25) is 0 Å². The van der Waals surface area contributed by atoms with Crippen LogP contribution in [0.25, 0.3) is 0 Å². The van der Waals surface area contributed by atoms with Gasteiger partial charge in [-0.25, -0.2) is 0 Å². The van der Waals surface area contributed by atoms with E-state index in [9.17, 15) is 4.79 Å². The lowest BCUT2D eigenvalue weighted by Gasteiger charge is -2.32. The summed E-state index contributed by atoms with van der Waals surface area (Å²) in [5.74, 6) is 1.54. The molecule has 1 aliphatic heterocycles. The third-order valence-electron chi connectivity index (χ3n) is 4.84. The van der Waals surface area contributed by atoms with E-state index in [1.165, 1.54) is 11.8 Å². The van der Waals surface area contributed by atoms with E-state index in [1.807, 2.05) is 18.2 Å². The standard InChI is InChI=1S/C24H30N4O7S/c1-5-10-33-22-25-23(34-11-6-2)27-24(26-22)35-15-17-14-28(9-12-32-17)21(29)16-36-18-7-8-19(30-3)20(13-18)31-4/h5-8,13,17H,1-2,9-12,14-16H2,3-4H3. The van der Waals surface area contributed by atoms with Crippen LogP contribution < -0.4 is 23.7 Å². The van der Waals surface area contributed by atoms with Crippen LogP contribution in [-0.2, 0) is 9.53 Å². The number of benzene rings is 1. The zero-order valence-electron chi connectivity index (χ0n) is 20.4. The lowest BCUT2D eigenvalue weighted by atomic mass is 10.3. The fraction of sp³-hybridized carbons (Fsp3) is 0.417. The van der Waals surface area contributed by atoms with Crippen LogP contribution in [0, 0.1) is 0 Å². The molecule has 0 bridgehead atoms. The van der Waals surface area contributed by atoms with E-state index in [2.05, 4.69) is 28.1 Å². The summed E-state index contributed by atoms with van der Waals surface area (Å²) in [7, 11) is 3.16. The summed E-state index contributed by atoms with van der Waals surface area (Å²) in [5, 5.41) is 0. The minimum absolute atomic E-state index is 0.00321. The Morgan fingerprint density at radius 1 is 1.06 bits per heavy atom. The largest absolute Gasteiger partial charge is 0.493 e. The van der Waals surface area contributed by atoms with E-state index in [0.717, 1.165) is 4.90 Å². The van der Waals surface area contributed by atoms with Gasteiger partial charge in [-0.15, -0.1) is 26.7 Å². The number of ether oxygens (including phenoxy) is 6. The molecule has 36 heavy (non-hydrogen) atoms. The second-order valence-corrected chi connectivity index (χ2v) is 8.38. The van der Waals surface area contributed by atoms with Crippen molar-refractivity contribution >= 4 is 17.7 Å². The lowest BCUT2D eigenvalue weighted by molar-refractivity contribution is -0.137. The molecule has 0 N–H and O–H groups in total. The third kappa shape index (κ3) is 8.02. The minimum atomic E-state index is -0.347. The summed E-state index contributed by atoms with van der Waals surface area (Å²) in [5.41, 5.74) is 0. The summed E-state index contributed by atoms with van der Waals surface area (Å²) in [6, 6.07) is 5.68. The number of hydrogen-bond donors (Lipinski definition) is 0. The van der Waals surface area contributed by atoms with Gasteiger partial charge in [0.25, 0.3) is 0 Å². The highest BCUT2D eigenvalue weighted by molar-refractivity contribution is 8.00. The van der Waals surface area contributed by atoms with Gasteiger partial charge in [-0.1, -0.05) is 25.3 Å². The molecule has 1 aromatic heterocycles. The second kappa shape index (κ2) is 14.1. The molecular formula is C24H30N4O7S. The number of carbonyl (C=O) groups excluding carboxylic acids is 1. The van der Waals surface area contributed by atoms with Gasteiger partial charge in [0.15, 0.2) is 11.5 Å². The van der Waals surface area contributed by atoms with Gasteiger partial charge in [-0.05, 0) is 18.2 Å². The van der Waals surface area contributed by atoms with Crippen molar-refractivity contribution in [3.8, 4) is 29.5 Å². The number of morpholine rings is 1. The molecule has 11 nitrogen and oxygen atoms in total. The Hall–Kier alpha value is -3.51. The van der Waals surface area contributed by atoms with Crippen LogP contribution in [-0.4, -0.2) is 91.4 Å². The highest BCUT2D eigenvalue weighted by Gasteiger charge is 2.25. The Balaban J connectivity index is 1.54. The average Bonchev–Trinajstić information content (AvgIpc) is 2.92. The number of amides is 1. The number of aromatic nitrogens is 3. The molecule has 1 atom stereocenters. The van der Waals surface area contributed by atoms with E-state index < -0.39 is 0 Å². The molecule has 0 aliphatic carbocycles. The van der Waals surface area contributed by atoms with Crippen LogP contribution in [0.3, 0.4) is 0 Å². The average molecular weight is 519 g/mol. The van der Waals surface area contributed by atoms with Crippen LogP contribution in [0.5, 0.6) is 29.5 Å². The van der Waals surface area contributed by atoms with Gasteiger partial charge < -0.3 is 33.3 Å². The van der Waals surface area contributed by atoms with Crippen LogP contribution in [0.15, 0.2) is 48.4 Å². The molecule has 1 unspecified atom stereocenters. The van der Waals surface area contributed by atoms with Gasteiger partial charge in [0, 0.05) is 11.4 Å². The summed E-state index contributed by atoms with van der Waals surface area (Å²) in [4.78, 5) is 27.8. The van der Waals surface area contributed by atoms with Gasteiger partial charge >= 0.3 is 18.0 Å². The quantitative estimate of drug-likeness (QED) is 0.271. The number of nitrogens with zero attached hydrogens (tertiary/aromatic N) is 4. The number of carbonyl (C=O) groups is 1. The monoisotopic (exact) mass is 518 g/mol. The topological polar surface area (TPSA) is 114 Å². The predicted molar refractivity (Wildman–Crippen MR) is 133 cm³/mol. The Labute approximate surface area is 214 Å². The summed E-state index contributed by atoms with van der Waals surface area (Å²) in [6.07, 6.45) is 2.79. The van der Waals surface area contributed by atoms with Crippen LogP contribution in [0.1, 0.15) is 0 Å². The lowest BCUT2D eigenvalue weighted by Crippen LogP contribution is -2.48. The van der Waals surface area contributed by atoms with Crippen molar-refractivity contribution in [2.24, 2.45) is 0 Å². The molecule has 0 radical (unpaired) electrons. The van der Waals surface area contributed by atoms with Gasteiger partial charge in [0.2, 0.25) is 5.91 Å². The van der Waals surface area contributed by atoms with Crippen molar-refractivity contribution in [2.45, 2.75) is 11.0 Å². The van der Waals surface area contributed by atoms with Crippen molar-refractivity contribution in [3.05, 3.63) is 43.5 Å².